The molecule has 1 aromatic carbocycles. The third kappa shape index (κ3) is 4.06. The van der Waals surface area contributed by atoms with Crippen LogP contribution >= 0.6 is 0 Å². The van der Waals surface area contributed by atoms with Crippen molar-refractivity contribution in [3.63, 3.8) is 0 Å². The summed E-state index contributed by atoms with van der Waals surface area (Å²) in [6, 6.07) is 8.48. The Morgan fingerprint density at radius 1 is 1.13 bits per heavy atom. The molecule has 0 radical (unpaired) electrons. The van der Waals surface area contributed by atoms with Crippen LogP contribution in [0.25, 0.3) is 6.08 Å². The number of aliphatic carboxylic acids is 1. The van der Waals surface area contributed by atoms with E-state index < -0.39 is 49.0 Å². The highest BCUT2D eigenvalue weighted by Gasteiger charge is 2.45. The quantitative estimate of drug-likeness (QED) is 0.341. The maximum atomic E-state index is 11.3. The van der Waals surface area contributed by atoms with Gasteiger partial charge in [-0.3, -0.25) is 0 Å². The summed E-state index contributed by atoms with van der Waals surface area (Å²) in [4.78, 5) is 11.3. The molecule has 1 aliphatic heterocycles. The lowest BCUT2D eigenvalue weighted by Crippen LogP contribution is -2.59. The van der Waals surface area contributed by atoms with Gasteiger partial charge in [0.25, 0.3) is 0 Å². The summed E-state index contributed by atoms with van der Waals surface area (Å²) >= 11 is 0. The van der Waals surface area contributed by atoms with Crippen molar-refractivity contribution in [2.45, 2.75) is 30.7 Å². The molecule has 126 valence electrons. The molecule has 5 atom stereocenters. The largest absolute Gasteiger partial charge is 0.475 e. The number of rotatable bonds is 5. The first-order chi connectivity index (χ1) is 10.9. The van der Waals surface area contributed by atoms with Gasteiger partial charge in [0, 0.05) is 0 Å². The first kappa shape index (κ1) is 17.4. The predicted molar refractivity (Wildman–Crippen MR) is 76.9 cm³/mol. The molecule has 0 aromatic heterocycles. The number of benzene rings is 1. The predicted octanol–water partition coefficient (Wildman–Crippen LogP) is -1.07. The second-order valence-electron chi connectivity index (χ2n) is 5.04. The summed E-state index contributed by atoms with van der Waals surface area (Å²) in [6.45, 7) is -0.629. The molecule has 1 heterocycles. The highest BCUT2D eigenvalue weighted by atomic mass is 16.7. The molecule has 1 aromatic rings. The Bertz CT molecular complexity index is 556. The fraction of sp³-hybridized carbons (Fsp3) is 0.400. The van der Waals surface area contributed by atoms with Crippen LogP contribution in [0.15, 0.2) is 36.1 Å². The summed E-state index contributed by atoms with van der Waals surface area (Å²) in [7, 11) is 0. The summed E-state index contributed by atoms with van der Waals surface area (Å²) in [5.41, 5.74) is 0.550. The van der Waals surface area contributed by atoms with Gasteiger partial charge in [-0.1, -0.05) is 30.3 Å². The highest BCUT2D eigenvalue weighted by molar-refractivity contribution is 5.89. The van der Waals surface area contributed by atoms with Crippen LogP contribution < -0.4 is 0 Å². The number of aliphatic hydroxyl groups is 4. The Hall–Kier alpha value is -1.97. The molecular weight excluding hydrogens is 308 g/mol. The molecule has 8 nitrogen and oxygen atoms in total. The fourth-order valence-electron chi connectivity index (χ4n) is 2.14. The number of carbonyl (C=O) groups is 1. The zero-order chi connectivity index (χ0) is 17.0. The molecule has 1 saturated heterocycles. The van der Waals surface area contributed by atoms with Crippen LogP contribution in [0.4, 0.5) is 0 Å². The van der Waals surface area contributed by atoms with E-state index >= 15 is 0 Å². The van der Waals surface area contributed by atoms with Gasteiger partial charge in [-0.25, -0.2) is 4.79 Å². The molecule has 0 bridgehead atoms. The smallest absolute Gasteiger partial charge is 0.371 e. The Morgan fingerprint density at radius 2 is 1.78 bits per heavy atom. The van der Waals surface area contributed by atoms with Gasteiger partial charge < -0.3 is 35.0 Å². The third-order valence-electron chi connectivity index (χ3n) is 3.40. The van der Waals surface area contributed by atoms with E-state index in [0.29, 0.717) is 5.56 Å². The Balaban J connectivity index is 2.19. The zero-order valence-electron chi connectivity index (χ0n) is 12.0. The molecule has 0 amide bonds. The fourth-order valence-corrected chi connectivity index (χ4v) is 2.14. The van der Waals surface area contributed by atoms with E-state index in [1.54, 1.807) is 30.3 Å². The summed E-state index contributed by atoms with van der Waals surface area (Å²) in [5, 5.41) is 47.5. The minimum absolute atomic E-state index is 0.513. The first-order valence-electron chi connectivity index (χ1n) is 6.91. The van der Waals surface area contributed by atoms with Crippen LogP contribution in [0, 0.1) is 0 Å². The van der Waals surface area contributed by atoms with Crippen molar-refractivity contribution in [2.24, 2.45) is 0 Å². The molecule has 5 N–H and O–H groups in total. The average Bonchev–Trinajstić information content (AvgIpc) is 2.55. The molecule has 2 rings (SSSR count). The number of hydrogen-bond donors (Lipinski definition) is 5. The van der Waals surface area contributed by atoms with Gasteiger partial charge in [0.05, 0.1) is 6.61 Å². The van der Waals surface area contributed by atoms with Crippen molar-refractivity contribution in [3.05, 3.63) is 41.7 Å². The molecule has 1 aliphatic rings. The molecular formula is C15H18O8. The average molecular weight is 326 g/mol. The molecule has 8 heteroatoms. The van der Waals surface area contributed by atoms with Gasteiger partial charge in [0.2, 0.25) is 12.0 Å². The van der Waals surface area contributed by atoms with Crippen molar-refractivity contribution in [2.75, 3.05) is 6.61 Å². The van der Waals surface area contributed by atoms with Crippen LogP contribution in [0.5, 0.6) is 0 Å². The molecule has 0 aliphatic carbocycles. The van der Waals surface area contributed by atoms with Crippen LogP contribution in [0.1, 0.15) is 5.56 Å². The second-order valence-corrected chi connectivity index (χ2v) is 5.04. The van der Waals surface area contributed by atoms with E-state index in [1.807, 2.05) is 0 Å². The Morgan fingerprint density at radius 3 is 2.35 bits per heavy atom. The van der Waals surface area contributed by atoms with Gasteiger partial charge in [0.15, 0.2) is 0 Å². The van der Waals surface area contributed by atoms with Crippen LogP contribution in [0.2, 0.25) is 0 Å². The molecule has 0 saturated carbocycles. The van der Waals surface area contributed by atoms with Gasteiger partial charge in [0.1, 0.15) is 24.4 Å². The molecule has 0 unspecified atom stereocenters. The van der Waals surface area contributed by atoms with Crippen molar-refractivity contribution < 1.29 is 39.8 Å². The van der Waals surface area contributed by atoms with E-state index in [9.17, 15) is 25.2 Å². The van der Waals surface area contributed by atoms with Crippen molar-refractivity contribution in [1.82, 2.24) is 0 Å². The van der Waals surface area contributed by atoms with Gasteiger partial charge in [-0.2, -0.15) is 0 Å². The van der Waals surface area contributed by atoms with E-state index in [0.717, 1.165) is 0 Å². The SMILES string of the molecule is O=C(O)/C(=C\c1ccccc1)O[C@H]1O[C@@H](CO)[C@@H](O)[C@H](O)[C@H]1O. The second kappa shape index (κ2) is 7.53. The lowest BCUT2D eigenvalue weighted by Gasteiger charge is -2.39. The maximum Gasteiger partial charge on any atom is 0.371 e. The molecule has 0 spiro atoms. The molecule has 1 fully saturated rings. The van der Waals surface area contributed by atoms with E-state index in [-0.39, 0.29) is 0 Å². The summed E-state index contributed by atoms with van der Waals surface area (Å²) < 4.78 is 10.2. The molecule has 23 heavy (non-hydrogen) atoms. The number of aliphatic hydroxyl groups excluding tert-OH is 4. The van der Waals surface area contributed by atoms with Crippen molar-refractivity contribution >= 4 is 12.0 Å². The number of hydrogen-bond acceptors (Lipinski definition) is 7. The Kier molecular flexibility index (Phi) is 5.69. The third-order valence-corrected chi connectivity index (χ3v) is 3.40. The standard InChI is InChI=1S/C15H18O8/c16-7-10-11(17)12(18)13(19)15(23-10)22-9(14(20)21)6-8-4-2-1-3-5-8/h1-6,10-13,15-19H,7H2,(H,20,21)/b9-6+/t10-,11+,12-,13+,15-/m0/s1. The number of ether oxygens (including phenoxy) is 2. The minimum atomic E-state index is -1.67. The number of carboxylic acids is 1. The van der Waals surface area contributed by atoms with Crippen LogP contribution in [-0.2, 0) is 14.3 Å². The Labute approximate surface area is 131 Å². The zero-order valence-corrected chi connectivity index (χ0v) is 12.0. The summed E-state index contributed by atoms with van der Waals surface area (Å²) in [5.74, 6) is -1.91. The lowest BCUT2D eigenvalue weighted by molar-refractivity contribution is -0.291. The lowest BCUT2D eigenvalue weighted by atomic mass is 9.99. The first-order valence-corrected chi connectivity index (χ1v) is 6.91. The van der Waals surface area contributed by atoms with Crippen molar-refractivity contribution in [3.8, 4) is 0 Å². The van der Waals surface area contributed by atoms with Crippen LogP contribution in [0.3, 0.4) is 0 Å². The highest BCUT2D eigenvalue weighted by Crippen LogP contribution is 2.24. The maximum absolute atomic E-state index is 11.3. The monoisotopic (exact) mass is 326 g/mol. The van der Waals surface area contributed by atoms with Gasteiger partial charge >= 0.3 is 5.97 Å². The number of carboxylic acid groups (broad SMARTS) is 1. The van der Waals surface area contributed by atoms with Gasteiger partial charge in [-0.15, -0.1) is 0 Å². The van der Waals surface area contributed by atoms with Gasteiger partial charge in [-0.05, 0) is 11.6 Å². The van der Waals surface area contributed by atoms with Crippen LogP contribution in [-0.4, -0.2) is 68.8 Å². The van der Waals surface area contributed by atoms with E-state index in [4.69, 9.17) is 14.6 Å². The summed E-state index contributed by atoms with van der Waals surface area (Å²) in [6.07, 6.45) is -6.35. The van der Waals surface area contributed by atoms with E-state index in [2.05, 4.69) is 0 Å². The normalized spacial score (nSPS) is 31.7. The van der Waals surface area contributed by atoms with E-state index in [1.165, 1.54) is 6.08 Å². The minimum Gasteiger partial charge on any atom is -0.475 e. The van der Waals surface area contributed by atoms with Crippen molar-refractivity contribution in [1.29, 1.82) is 0 Å². The topological polar surface area (TPSA) is 137 Å².